The van der Waals surface area contributed by atoms with Gasteiger partial charge in [0.25, 0.3) is 5.56 Å². The van der Waals surface area contributed by atoms with E-state index >= 15 is 0 Å². The zero-order valence-corrected chi connectivity index (χ0v) is 10.4. The van der Waals surface area contributed by atoms with Crippen molar-refractivity contribution in [2.75, 3.05) is 0 Å². The quantitative estimate of drug-likeness (QED) is 0.586. The zero-order valence-electron chi connectivity index (χ0n) is 9.50. The second-order valence-electron chi connectivity index (χ2n) is 4.07. The van der Waals surface area contributed by atoms with Crippen molar-refractivity contribution in [2.45, 2.75) is 30.7 Å². The molecular formula is C9H11N2O7P. The molecule has 0 bridgehead atoms. The first-order valence-electron chi connectivity index (χ1n) is 5.36. The van der Waals surface area contributed by atoms with Crippen LogP contribution in [-0.4, -0.2) is 37.8 Å². The Balaban J connectivity index is 2.26. The summed E-state index contributed by atoms with van der Waals surface area (Å²) < 4.78 is 27.5. The van der Waals surface area contributed by atoms with Crippen molar-refractivity contribution in [1.82, 2.24) is 9.55 Å². The fourth-order valence-corrected chi connectivity index (χ4v) is 2.40. The number of hydrogen-bond acceptors (Lipinski definition) is 7. The van der Waals surface area contributed by atoms with Gasteiger partial charge < -0.3 is 14.9 Å². The summed E-state index contributed by atoms with van der Waals surface area (Å²) in [4.78, 5) is 24.4. The van der Waals surface area contributed by atoms with Crippen LogP contribution in [0.2, 0.25) is 0 Å². The number of ether oxygens (including phenoxy) is 1. The van der Waals surface area contributed by atoms with Crippen LogP contribution in [0.3, 0.4) is 0 Å². The van der Waals surface area contributed by atoms with Gasteiger partial charge in [-0.15, -0.1) is 0 Å². The standard InChI is InChI=1S/C9H11N2O7P/c12-4-3-6(18-7(4)8(14)19(16)17)11-2-1-5(13)10-9(11)15/h1-2,4,6-8,12,14H,3H2,(H,10,13,15)/t4-,6+,7-,8?/m0/s1. The number of nitrogens with one attached hydrogen (secondary N) is 1. The summed E-state index contributed by atoms with van der Waals surface area (Å²) in [5.74, 6) is -1.85. The largest absolute Gasteiger partial charge is 0.390 e. The van der Waals surface area contributed by atoms with Crippen LogP contribution in [0.25, 0.3) is 0 Å². The normalized spacial score (nSPS) is 28.2. The number of aromatic amines is 1. The third-order valence-corrected chi connectivity index (χ3v) is 3.53. The van der Waals surface area contributed by atoms with Gasteiger partial charge >= 0.3 is 13.4 Å². The molecule has 1 aromatic heterocycles. The Bertz CT molecular complexity index is 640. The van der Waals surface area contributed by atoms with Crippen molar-refractivity contribution < 1.29 is 24.1 Å². The van der Waals surface area contributed by atoms with Crippen LogP contribution in [0.5, 0.6) is 0 Å². The second-order valence-corrected chi connectivity index (χ2v) is 5.17. The summed E-state index contributed by atoms with van der Waals surface area (Å²) in [6.45, 7) is 0. The predicted molar refractivity (Wildman–Crippen MR) is 60.2 cm³/mol. The first-order valence-corrected chi connectivity index (χ1v) is 6.61. The molecule has 2 heterocycles. The summed E-state index contributed by atoms with van der Waals surface area (Å²) in [5.41, 5.74) is -1.33. The van der Waals surface area contributed by atoms with Gasteiger partial charge in [0, 0.05) is 18.7 Å². The molecule has 0 radical (unpaired) electrons. The topological polar surface area (TPSA) is 139 Å². The van der Waals surface area contributed by atoms with E-state index in [4.69, 9.17) is 4.74 Å². The summed E-state index contributed by atoms with van der Waals surface area (Å²) in [6, 6.07) is 1.09. The monoisotopic (exact) mass is 290 g/mol. The molecule has 0 spiro atoms. The lowest BCUT2D eigenvalue weighted by atomic mass is 10.2. The average molecular weight is 290 g/mol. The van der Waals surface area contributed by atoms with Gasteiger partial charge in [-0.3, -0.25) is 14.3 Å². The van der Waals surface area contributed by atoms with E-state index in [0.717, 1.165) is 10.6 Å². The first kappa shape index (κ1) is 13.9. The van der Waals surface area contributed by atoms with Gasteiger partial charge in [-0.05, 0) is 0 Å². The molecule has 104 valence electrons. The van der Waals surface area contributed by atoms with Gasteiger partial charge in [0.1, 0.15) is 12.3 Å². The lowest BCUT2D eigenvalue weighted by molar-refractivity contribution is -0.0591. The predicted octanol–water partition coefficient (Wildman–Crippen LogP) is -1.32. The van der Waals surface area contributed by atoms with Gasteiger partial charge in [0.15, 0.2) is 5.85 Å². The summed E-state index contributed by atoms with van der Waals surface area (Å²) in [5, 5.41) is 19.0. The van der Waals surface area contributed by atoms with Gasteiger partial charge in [-0.25, -0.2) is 13.9 Å². The molecule has 2 rings (SSSR count). The fourth-order valence-electron chi connectivity index (χ4n) is 1.89. The lowest BCUT2D eigenvalue weighted by Gasteiger charge is -2.16. The number of aromatic nitrogens is 2. The van der Waals surface area contributed by atoms with Crippen LogP contribution in [0.15, 0.2) is 21.9 Å². The molecule has 1 aliphatic heterocycles. The second kappa shape index (κ2) is 5.22. The Morgan fingerprint density at radius 3 is 2.74 bits per heavy atom. The van der Waals surface area contributed by atoms with E-state index in [1.807, 2.05) is 4.98 Å². The molecule has 0 saturated carbocycles. The smallest absolute Gasteiger partial charge is 0.347 e. The third-order valence-electron chi connectivity index (χ3n) is 2.81. The van der Waals surface area contributed by atoms with Crippen LogP contribution in [0.1, 0.15) is 12.6 Å². The maximum atomic E-state index is 11.5. The number of aliphatic hydroxyl groups excluding tert-OH is 2. The van der Waals surface area contributed by atoms with E-state index < -0.39 is 43.2 Å². The Hall–Kier alpha value is -1.54. The average Bonchev–Trinajstić information content (AvgIpc) is 2.69. The first-order chi connectivity index (χ1) is 8.90. The molecule has 1 aromatic rings. The molecule has 3 N–H and O–H groups in total. The van der Waals surface area contributed by atoms with Crippen LogP contribution in [0, 0.1) is 0 Å². The number of rotatable bonds is 3. The molecule has 9 nitrogen and oxygen atoms in total. The molecule has 1 saturated heterocycles. The summed E-state index contributed by atoms with van der Waals surface area (Å²) >= 11 is 0. The van der Waals surface area contributed by atoms with Gasteiger partial charge in [0.2, 0.25) is 0 Å². The Morgan fingerprint density at radius 2 is 2.16 bits per heavy atom. The minimum Gasteiger partial charge on any atom is -0.390 e. The number of aliphatic hydroxyl groups is 2. The van der Waals surface area contributed by atoms with E-state index in [2.05, 4.69) is 0 Å². The molecular weight excluding hydrogens is 279 g/mol. The van der Waals surface area contributed by atoms with Crippen molar-refractivity contribution in [1.29, 1.82) is 0 Å². The van der Waals surface area contributed by atoms with Crippen LogP contribution < -0.4 is 11.2 Å². The van der Waals surface area contributed by atoms with E-state index in [0.29, 0.717) is 0 Å². The highest BCUT2D eigenvalue weighted by Crippen LogP contribution is 2.33. The third kappa shape index (κ3) is 2.74. The SMILES string of the molecule is O=c1ccn([C@H]2C[C@H](O)[C@@H](C(O)P(=O)=O)O2)c(=O)[nH]1. The van der Waals surface area contributed by atoms with Crippen molar-refractivity contribution in [3.05, 3.63) is 33.1 Å². The number of nitrogens with zero attached hydrogens (tertiary/aromatic N) is 1. The molecule has 19 heavy (non-hydrogen) atoms. The van der Waals surface area contributed by atoms with Crippen molar-refractivity contribution in [2.24, 2.45) is 0 Å². The maximum absolute atomic E-state index is 11.5. The maximum Gasteiger partial charge on any atom is 0.347 e. The molecule has 1 fully saturated rings. The lowest BCUT2D eigenvalue weighted by Crippen LogP contribution is -2.33. The molecule has 10 heteroatoms. The molecule has 0 aliphatic carbocycles. The minimum atomic E-state index is -3.17. The number of hydrogen-bond donors (Lipinski definition) is 3. The highest BCUT2D eigenvalue weighted by molar-refractivity contribution is 7.31. The van der Waals surface area contributed by atoms with Crippen molar-refractivity contribution in [3.63, 3.8) is 0 Å². The summed E-state index contributed by atoms with van der Waals surface area (Å²) in [6.07, 6.45) is -2.41. The van der Waals surface area contributed by atoms with Crippen LogP contribution in [-0.2, 0) is 13.9 Å². The van der Waals surface area contributed by atoms with Crippen LogP contribution in [0.4, 0.5) is 0 Å². The molecule has 0 amide bonds. The number of H-pyrrole nitrogens is 1. The Labute approximate surface area is 106 Å². The minimum absolute atomic E-state index is 0.0726. The van der Waals surface area contributed by atoms with Gasteiger partial charge in [-0.2, -0.15) is 0 Å². The van der Waals surface area contributed by atoms with E-state index in [1.165, 1.54) is 6.20 Å². The molecule has 1 aliphatic rings. The van der Waals surface area contributed by atoms with E-state index in [1.54, 1.807) is 0 Å². The fraction of sp³-hybridized carbons (Fsp3) is 0.556. The van der Waals surface area contributed by atoms with Crippen molar-refractivity contribution >= 4 is 7.68 Å². The van der Waals surface area contributed by atoms with E-state index in [-0.39, 0.29) is 6.42 Å². The molecule has 4 atom stereocenters. The van der Waals surface area contributed by atoms with Gasteiger partial charge in [0.05, 0.1) is 6.10 Å². The zero-order chi connectivity index (χ0) is 14.2. The molecule has 1 unspecified atom stereocenters. The van der Waals surface area contributed by atoms with Crippen molar-refractivity contribution in [3.8, 4) is 0 Å². The van der Waals surface area contributed by atoms with E-state index in [9.17, 15) is 28.9 Å². The van der Waals surface area contributed by atoms with Crippen LogP contribution >= 0.6 is 7.68 Å². The summed E-state index contributed by atoms with van der Waals surface area (Å²) in [7, 11) is -3.17. The molecule has 0 aromatic carbocycles. The highest BCUT2D eigenvalue weighted by atomic mass is 31.1. The van der Waals surface area contributed by atoms with Gasteiger partial charge in [-0.1, -0.05) is 0 Å². The highest BCUT2D eigenvalue weighted by Gasteiger charge is 2.41. The Morgan fingerprint density at radius 1 is 1.47 bits per heavy atom. The Kier molecular flexibility index (Phi) is 3.81.